The molecule has 0 rings (SSSR count). The second-order valence-electron chi connectivity index (χ2n) is 1.79. The molecular weight excluding hydrogens is 429 g/mol. The molecule has 0 spiro atoms. The second-order valence-corrected chi connectivity index (χ2v) is 1.79. The summed E-state index contributed by atoms with van der Waals surface area (Å²) in [6.07, 6.45) is 0. The molecule has 15 heavy (non-hydrogen) atoms. The van der Waals surface area contributed by atoms with Crippen molar-refractivity contribution in [1.82, 2.24) is 0 Å². The van der Waals surface area contributed by atoms with Crippen molar-refractivity contribution in [3.05, 3.63) is 13.1 Å². The molecule has 0 aliphatic carbocycles. The van der Waals surface area contributed by atoms with Crippen LogP contribution in [0.1, 0.15) is 6.92 Å². The van der Waals surface area contributed by atoms with E-state index in [9.17, 15) is 0 Å². The van der Waals surface area contributed by atoms with Gasteiger partial charge in [-0.25, -0.2) is 0 Å². The van der Waals surface area contributed by atoms with Crippen LogP contribution in [0.25, 0.3) is 0 Å². The maximum absolute atomic E-state index is 6.25. The monoisotopic (exact) mass is 446 g/mol. The minimum Gasteiger partial charge on any atom is -0.512 e. The first-order valence-electron chi connectivity index (χ1n) is 3.49. The van der Waals surface area contributed by atoms with E-state index in [0.717, 1.165) is 0 Å². The van der Waals surface area contributed by atoms with E-state index in [0.29, 0.717) is 19.6 Å². The average molecular weight is 447 g/mol. The molecule has 0 amide bonds. The van der Waals surface area contributed by atoms with Gasteiger partial charge in [-0.1, -0.05) is 0 Å². The minimum absolute atomic E-state index is 0. The van der Waals surface area contributed by atoms with Gasteiger partial charge in [0.15, 0.2) is 0 Å². The Balaban J connectivity index is -0.0000000186. The van der Waals surface area contributed by atoms with Crippen molar-refractivity contribution in [2.45, 2.75) is 13.0 Å². The molecule has 8 N–H and O–H groups in total. The van der Waals surface area contributed by atoms with Crippen LogP contribution in [0.15, 0.2) is 0 Å². The van der Waals surface area contributed by atoms with E-state index in [1.807, 2.05) is 6.92 Å². The number of rotatable bonds is 2. The molecule has 0 heterocycles. The fraction of sp³-hybridized carbons (Fsp3) is 0.714. The number of hydrogen-bond acceptors (Lipinski definition) is 6. The number of nitrogens with zero attached hydrogens (tertiary/aromatic N) is 2. The summed E-state index contributed by atoms with van der Waals surface area (Å²) in [4.78, 5) is 0. The third-order valence-electron chi connectivity index (χ3n) is 0.538. The van der Waals surface area contributed by atoms with Gasteiger partial charge in [-0.2, -0.15) is 0 Å². The maximum Gasteiger partial charge on any atom is 2.00 e. The number of hydrogen-bond donors (Lipinski definition) is 4. The van der Waals surface area contributed by atoms with Gasteiger partial charge in [0, 0.05) is 25.7 Å². The van der Waals surface area contributed by atoms with Gasteiger partial charge >= 0.3 is 39.4 Å². The van der Waals surface area contributed by atoms with Crippen LogP contribution in [0.2, 0.25) is 0 Å². The molecule has 6 nitrogen and oxygen atoms in total. The summed E-state index contributed by atoms with van der Waals surface area (Å²) in [5, 5.41) is 12.5. The van der Waals surface area contributed by atoms with E-state index in [4.69, 9.17) is 46.6 Å². The normalized spacial score (nSPS) is 7.27. The van der Waals surface area contributed by atoms with Gasteiger partial charge < -0.3 is 46.6 Å². The molecule has 1 unspecified atom stereocenters. The summed E-state index contributed by atoms with van der Waals surface area (Å²) in [6.45, 7) is 13.2. The van der Waals surface area contributed by atoms with E-state index < -0.39 is 0 Å². The quantitative estimate of drug-likeness (QED) is 0.296. The summed E-state index contributed by atoms with van der Waals surface area (Å²) < 4.78 is 0. The van der Waals surface area contributed by atoms with Crippen LogP contribution in [0.4, 0.5) is 0 Å². The zero-order valence-electron chi connectivity index (χ0n) is 8.51. The van der Waals surface area contributed by atoms with Crippen molar-refractivity contribution in [1.29, 1.82) is 10.5 Å². The first-order chi connectivity index (χ1) is 6.18. The second kappa shape index (κ2) is 65.2. The Morgan fingerprint density at radius 2 is 1.13 bits per heavy atom. The first kappa shape index (κ1) is 36.3. The Hall–Kier alpha value is 0.0797. The third kappa shape index (κ3) is 217. The molecule has 8 heteroatoms. The van der Waals surface area contributed by atoms with Crippen LogP contribution >= 0.6 is 0 Å². The van der Waals surface area contributed by atoms with Crippen LogP contribution in [-0.2, 0) is 39.4 Å². The topological polar surface area (TPSA) is 152 Å². The molecule has 0 aliphatic heterocycles. The van der Waals surface area contributed by atoms with Gasteiger partial charge in [0.05, 0.1) is 0 Å². The van der Waals surface area contributed by atoms with Crippen LogP contribution in [-0.4, -0.2) is 25.7 Å². The van der Waals surface area contributed by atoms with Crippen LogP contribution < -0.4 is 22.9 Å². The average Bonchev–Trinajstić information content (AvgIpc) is 2.24. The molecule has 0 aromatic carbocycles. The Bertz CT molecular complexity index is 90.0. The van der Waals surface area contributed by atoms with Crippen molar-refractivity contribution in [3.8, 4) is 0 Å². The van der Waals surface area contributed by atoms with E-state index in [1.165, 1.54) is 0 Å². The van der Waals surface area contributed by atoms with Gasteiger partial charge in [0.2, 0.25) is 0 Å². The standard InChI is InChI=1S/C3H10N2.C2H8N2.2CN.Au.Cu/c1-3(5)2-4;3-1-2-4;2*1-2;;/h3H,2,4-5H2,1H3;1-4H2;;;;/q;;2*-1;+1;+2. The van der Waals surface area contributed by atoms with Crippen molar-refractivity contribution < 1.29 is 39.4 Å². The summed E-state index contributed by atoms with van der Waals surface area (Å²) in [7, 11) is 0. The van der Waals surface area contributed by atoms with Gasteiger partial charge in [-0.05, 0) is 6.92 Å². The Kier molecular flexibility index (Phi) is 158. The molecule has 97 valence electrons. The Labute approximate surface area is 118 Å². The fourth-order valence-corrected chi connectivity index (χ4v) is 0. The predicted molar refractivity (Wildman–Crippen MR) is 50.7 cm³/mol. The molecular formula is C7H18AuCuN6+. The van der Waals surface area contributed by atoms with Gasteiger partial charge in [-0.15, -0.1) is 0 Å². The van der Waals surface area contributed by atoms with E-state index >= 15 is 0 Å². The molecule has 0 saturated carbocycles. The zero-order chi connectivity index (χ0) is 11.7. The summed E-state index contributed by atoms with van der Waals surface area (Å²) in [5.74, 6) is 0. The smallest absolute Gasteiger partial charge is 0.512 e. The van der Waals surface area contributed by atoms with Crippen molar-refractivity contribution >= 4 is 0 Å². The largest absolute Gasteiger partial charge is 2.00 e. The van der Waals surface area contributed by atoms with Crippen LogP contribution in [0, 0.1) is 23.7 Å². The molecule has 1 atom stereocenters. The molecule has 0 aromatic heterocycles. The summed E-state index contributed by atoms with van der Waals surface area (Å²) in [5.41, 5.74) is 20.0. The van der Waals surface area contributed by atoms with E-state index in [-0.39, 0.29) is 45.5 Å². The first-order valence-corrected chi connectivity index (χ1v) is 3.49. The summed E-state index contributed by atoms with van der Waals surface area (Å²) in [6, 6.07) is 0.162. The van der Waals surface area contributed by atoms with Gasteiger partial charge in [-0.3, -0.25) is 0 Å². The predicted octanol–water partition coefficient (Wildman–Crippen LogP) is -1.62. The maximum atomic E-state index is 6.25. The Morgan fingerprint density at radius 3 is 1.13 bits per heavy atom. The van der Waals surface area contributed by atoms with E-state index in [2.05, 4.69) is 0 Å². The molecule has 0 aliphatic rings. The van der Waals surface area contributed by atoms with Crippen molar-refractivity contribution in [3.63, 3.8) is 0 Å². The molecule has 0 fully saturated rings. The van der Waals surface area contributed by atoms with Crippen LogP contribution in [0.5, 0.6) is 0 Å². The van der Waals surface area contributed by atoms with Gasteiger partial charge in [0.25, 0.3) is 0 Å². The fourth-order valence-electron chi connectivity index (χ4n) is 0. The molecule has 0 bridgehead atoms. The third-order valence-corrected chi connectivity index (χ3v) is 0.538. The zero-order valence-corrected chi connectivity index (χ0v) is 11.6. The number of nitrogens with two attached hydrogens (primary N) is 4. The van der Waals surface area contributed by atoms with Crippen molar-refractivity contribution in [2.75, 3.05) is 19.6 Å². The SMILES string of the molecule is CC(N)CN.NCCN.[Au+].[C-]#N.[C-]#N.[Cu+2]. The summed E-state index contributed by atoms with van der Waals surface area (Å²) >= 11 is 0. The molecule has 0 saturated heterocycles. The molecule has 1 radical (unpaired) electrons. The Morgan fingerprint density at radius 1 is 1.00 bits per heavy atom. The van der Waals surface area contributed by atoms with Crippen molar-refractivity contribution in [2.24, 2.45) is 22.9 Å². The van der Waals surface area contributed by atoms with E-state index in [1.54, 1.807) is 0 Å². The minimum atomic E-state index is 0. The van der Waals surface area contributed by atoms with Gasteiger partial charge in [0.1, 0.15) is 0 Å². The molecule has 0 aromatic rings. The van der Waals surface area contributed by atoms with Crippen LogP contribution in [0.3, 0.4) is 0 Å².